The summed E-state index contributed by atoms with van der Waals surface area (Å²) in [5.41, 5.74) is 9.00. The normalized spacial score (nSPS) is 15.9. The van der Waals surface area contributed by atoms with Crippen molar-refractivity contribution >= 4 is 17.3 Å². The van der Waals surface area contributed by atoms with Gasteiger partial charge in [0, 0.05) is 18.8 Å². The number of nitrogens with one attached hydrogen (secondary N) is 1. The third-order valence-corrected chi connectivity index (χ3v) is 2.92. The fourth-order valence-electron chi connectivity index (χ4n) is 1.91. The lowest BCUT2D eigenvalue weighted by Gasteiger charge is -2.28. The van der Waals surface area contributed by atoms with Crippen LogP contribution in [0.25, 0.3) is 0 Å². The molecule has 1 aliphatic rings. The molecule has 0 spiro atoms. The summed E-state index contributed by atoms with van der Waals surface area (Å²) in [5, 5.41) is 1.83. The number of carbonyl (C=O) groups excluding carboxylic acids is 1. The van der Waals surface area contributed by atoms with Gasteiger partial charge in [0.25, 0.3) is 0 Å². The number of hydrazine groups is 1. The Morgan fingerprint density at radius 2 is 2.20 bits per heavy atom. The molecule has 0 atom stereocenters. The molecule has 1 aliphatic heterocycles. The van der Waals surface area contributed by atoms with Crippen molar-refractivity contribution in [1.82, 2.24) is 5.01 Å². The van der Waals surface area contributed by atoms with Crippen molar-refractivity contribution in [1.29, 1.82) is 0 Å². The smallest absolute Gasteiger partial charge is 0.340 e. The standard InChI is InChI=1S/C13H18FN3O3/c1-2-20-13(18)9-7-12(10(14)8-11(9)15)16-17-3-5-19-6-4-17/h7-8,16H,2-6,15H2,1H3. The van der Waals surface area contributed by atoms with E-state index in [0.29, 0.717) is 26.3 Å². The molecule has 0 aliphatic carbocycles. The van der Waals surface area contributed by atoms with Crippen LogP contribution in [-0.4, -0.2) is 43.9 Å². The first kappa shape index (κ1) is 14.5. The van der Waals surface area contributed by atoms with E-state index in [-0.39, 0.29) is 23.5 Å². The second kappa shape index (κ2) is 6.53. The molecular formula is C13H18FN3O3. The van der Waals surface area contributed by atoms with Gasteiger partial charge in [-0.2, -0.15) is 0 Å². The summed E-state index contributed by atoms with van der Waals surface area (Å²) in [7, 11) is 0. The first-order valence-electron chi connectivity index (χ1n) is 6.47. The van der Waals surface area contributed by atoms with Crippen molar-refractivity contribution in [3.05, 3.63) is 23.5 Å². The zero-order valence-corrected chi connectivity index (χ0v) is 11.3. The number of morpholine rings is 1. The van der Waals surface area contributed by atoms with Crippen LogP contribution in [0.5, 0.6) is 0 Å². The van der Waals surface area contributed by atoms with Crippen molar-refractivity contribution in [3.63, 3.8) is 0 Å². The van der Waals surface area contributed by atoms with Gasteiger partial charge in [-0.15, -0.1) is 0 Å². The lowest BCUT2D eigenvalue weighted by Crippen LogP contribution is -2.40. The molecule has 1 saturated heterocycles. The minimum absolute atomic E-state index is 0.0634. The van der Waals surface area contributed by atoms with Crippen LogP contribution >= 0.6 is 0 Å². The molecule has 0 amide bonds. The summed E-state index contributed by atoms with van der Waals surface area (Å²) >= 11 is 0. The predicted octanol–water partition coefficient (Wildman–Crippen LogP) is 1.24. The van der Waals surface area contributed by atoms with Crippen LogP contribution in [0.2, 0.25) is 0 Å². The van der Waals surface area contributed by atoms with E-state index in [1.807, 2.05) is 5.01 Å². The number of hydrogen-bond donors (Lipinski definition) is 2. The Morgan fingerprint density at radius 3 is 2.85 bits per heavy atom. The lowest BCUT2D eigenvalue weighted by molar-refractivity contribution is 0.0493. The van der Waals surface area contributed by atoms with E-state index < -0.39 is 11.8 Å². The van der Waals surface area contributed by atoms with Crippen molar-refractivity contribution in [2.24, 2.45) is 0 Å². The van der Waals surface area contributed by atoms with Gasteiger partial charge >= 0.3 is 5.97 Å². The number of carbonyl (C=O) groups is 1. The number of anilines is 2. The summed E-state index contributed by atoms with van der Waals surface area (Å²) in [6, 6.07) is 2.49. The molecule has 1 aromatic carbocycles. The van der Waals surface area contributed by atoms with E-state index in [2.05, 4.69) is 5.43 Å². The van der Waals surface area contributed by atoms with E-state index >= 15 is 0 Å². The van der Waals surface area contributed by atoms with Crippen LogP contribution in [0, 0.1) is 5.82 Å². The van der Waals surface area contributed by atoms with Crippen LogP contribution in [0.1, 0.15) is 17.3 Å². The summed E-state index contributed by atoms with van der Waals surface area (Å²) in [6.45, 7) is 4.37. The van der Waals surface area contributed by atoms with Gasteiger partial charge in [0.1, 0.15) is 5.82 Å². The maximum atomic E-state index is 13.9. The number of benzene rings is 1. The van der Waals surface area contributed by atoms with Gasteiger partial charge < -0.3 is 20.6 Å². The first-order chi connectivity index (χ1) is 9.61. The number of ether oxygens (including phenoxy) is 2. The maximum Gasteiger partial charge on any atom is 0.340 e. The molecular weight excluding hydrogens is 265 g/mol. The Hall–Kier alpha value is -1.86. The summed E-state index contributed by atoms with van der Waals surface area (Å²) in [4.78, 5) is 11.7. The van der Waals surface area contributed by atoms with Crippen molar-refractivity contribution in [2.75, 3.05) is 44.1 Å². The molecule has 0 saturated carbocycles. The average molecular weight is 283 g/mol. The van der Waals surface area contributed by atoms with Gasteiger partial charge in [0.15, 0.2) is 0 Å². The molecule has 0 aromatic heterocycles. The van der Waals surface area contributed by atoms with Crippen LogP contribution in [-0.2, 0) is 9.47 Å². The van der Waals surface area contributed by atoms with Gasteiger partial charge in [0.2, 0.25) is 0 Å². The Bertz CT molecular complexity index is 490. The highest BCUT2D eigenvalue weighted by molar-refractivity contribution is 5.96. The topological polar surface area (TPSA) is 76.8 Å². The summed E-state index contributed by atoms with van der Waals surface area (Å²) in [6.07, 6.45) is 0. The third kappa shape index (κ3) is 3.37. The monoisotopic (exact) mass is 283 g/mol. The molecule has 0 radical (unpaired) electrons. The Balaban J connectivity index is 2.19. The minimum Gasteiger partial charge on any atom is -0.462 e. The molecule has 1 heterocycles. The molecule has 20 heavy (non-hydrogen) atoms. The predicted molar refractivity (Wildman–Crippen MR) is 72.8 cm³/mol. The van der Waals surface area contributed by atoms with Gasteiger partial charge in [-0.05, 0) is 19.1 Å². The van der Waals surface area contributed by atoms with E-state index in [9.17, 15) is 9.18 Å². The van der Waals surface area contributed by atoms with Crippen molar-refractivity contribution in [2.45, 2.75) is 6.92 Å². The second-order valence-corrected chi connectivity index (χ2v) is 4.35. The van der Waals surface area contributed by atoms with Crippen molar-refractivity contribution in [3.8, 4) is 0 Å². The molecule has 1 aromatic rings. The molecule has 3 N–H and O–H groups in total. The molecule has 6 nitrogen and oxygen atoms in total. The van der Waals surface area contributed by atoms with E-state index in [0.717, 1.165) is 6.07 Å². The Morgan fingerprint density at radius 1 is 1.50 bits per heavy atom. The van der Waals surface area contributed by atoms with Crippen LogP contribution in [0.3, 0.4) is 0 Å². The van der Waals surface area contributed by atoms with E-state index in [4.69, 9.17) is 15.2 Å². The molecule has 1 fully saturated rings. The minimum atomic E-state index is -0.560. The van der Waals surface area contributed by atoms with Gasteiger partial charge in [0.05, 0.1) is 31.1 Å². The zero-order chi connectivity index (χ0) is 14.5. The summed E-state index contributed by atoms with van der Waals surface area (Å²) in [5.74, 6) is -1.07. The highest BCUT2D eigenvalue weighted by atomic mass is 19.1. The average Bonchev–Trinajstić information content (AvgIpc) is 2.43. The largest absolute Gasteiger partial charge is 0.462 e. The third-order valence-electron chi connectivity index (χ3n) is 2.92. The number of nitrogen functional groups attached to an aromatic ring is 1. The molecule has 7 heteroatoms. The quantitative estimate of drug-likeness (QED) is 0.639. The zero-order valence-electron chi connectivity index (χ0n) is 11.3. The Kier molecular flexibility index (Phi) is 4.75. The van der Waals surface area contributed by atoms with E-state index in [1.165, 1.54) is 6.07 Å². The van der Waals surface area contributed by atoms with Gasteiger partial charge in [-0.1, -0.05) is 0 Å². The lowest BCUT2D eigenvalue weighted by atomic mass is 10.1. The highest BCUT2D eigenvalue weighted by Gasteiger charge is 2.17. The molecule has 110 valence electrons. The number of nitrogens with zero attached hydrogens (tertiary/aromatic N) is 1. The fraction of sp³-hybridized carbons (Fsp3) is 0.462. The molecule has 0 bridgehead atoms. The number of hydrogen-bond acceptors (Lipinski definition) is 6. The number of halogens is 1. The molecule has 0 unspecified atom stereocenters. The molecule has 2 rings (SSSR count). The van der Waals surface area contributed by atoms with Crippen LogP contribution in [0.4, 0.5) is 15.8 Å². The van der Waals surface area contributed by atoms with Crippen LogP contribution < -0.4 is 11.2 Å². The number of rotatable bonds is 4. The first-order valence-corrected chi connectivity index (χ1v) is 6.47. The SMILES string of the molecule is CCOC(=O)c1cc(NN2CCOCC2)c(F)cc1N. The fourth-order valence-corrected chi connectivity index (χ4v) is 1.91. The number of nitrogens with two attached hydrogens (primary N) is 1. The second-order valence-electron chi connectivity index (χ2n) is 4.35. The van der Waals surface area contributed by atoms with Crippen LogP contribution in [0.15, 0.2) is 12.1 Å². The number of esters is 1. The Labute approximate surface area is 116 Å². The van der Waals surface area contributed by atoms with Gasteiger partial charge in [-0.3, -0.25) is 0 Å². The highest BCUT2D eigenvalue weighted by Crippen LogP contribution is 2.23. The summed E-state index contributed by atoms with van der Waals surface area (Å²) < 4.78 is 24.0. The van der Waals surface area contributed by atoms with Gasteiger partial charge in [-0.25, -0.2) is 14.2 Å². The maximum absolute atomic E-state index is 13.9. The van der Waals surface area contributed by atoms with E-state index in [1.54, 1.807) is 6.92 Å². The van der Waals surface area contributed by atoms with Crippen molar-refractivity contribution < 1.29 is 18.7 Å².